The monoisotopic (exact) mass is 590 g/mol. The Morgan fingerprint density at radius 2 is 1.22 bits per heavy atom. The first kappa shape index (κ1) is 26.3. The van der Waals surface area contributed by atoms with Crippen molar-refractivity contribution in [2.24, 2.45) is 4.99 Å². The lowest BCUT2D eigenvalue weighted by molar-refractivity contribution is 1.19. The lowest BCUT2D eigenvalue weighted by Crippen LogP contribution is -2.24. The smallest absolute Gasteiger partial charge is 0.0946 e. The first-order valence-electron chi connectivity index (χ1n) is 15.6. The molecule has 4 heteroatoms. The van der Waals surface area contributed by atoms with Gasteiger partial charge in [-0.2, -0.15) is 0 Å². The van der Waals surface area contributed by atoms with Gasteiger partial charge in [-0.1, -0.05) is 104 Å². The van der Waals surface area contributed by atoms with Gasteiger partial charge in [-0.3, -0.25) is 4.99 Å². The van der Waals surface area contributed by atoms with E-state index in [4.69, 9.17) is 4.99 Å². The standard InChI is InChI=1S/C42H30N4/c1-26-33-25-30(21-22-35(33)45-41(26)42(29-15-7-4-8-16-29)43-27(2)28-13-5-3-6-14-28)46-37-20-12-10-18-32(37)40-38(46)24-23-36-39(40)31-17-9-11-19-34(31)44-36/h3-25,44-45H,1H2,2H3/b42-41+,43-27?. The largest absolute Gasteiger partial charge is 0.354 e. The van der Waals surface area contributed by atoms with Crippen LogP contribution in [0.1, 0.15) is 18.1 Å². The minimum absolute atomic E-state index is 0.878. The fourth-order valence-electron chi connectivity index (χ4n) is 7.03. The first-order chi connectivity index (χ1) is 22.7. The molecule has 3 aromatic heterocycles. The van der Waals surface area contributed by atoms with Crippen molar-refractivity contribution in [1.82, 2.24) is 14.5 Å². The second-order valence-corrected chi connectivity index (χ2v) is 11.9. The summed E-state index contributed by atoms with van der Waals surface area (Å²) in [5, 5.41) is 7.94. The van der Waals surface area contributed by atoms with Gasteiger partial charge in [0.1, 0.15) is 0 Å². The number of para-hydroxylation sites is 2. The molecule has 46 heavy (non-hydrogen) atoms. The summed E-state index contributed by atoms with van der Waals surface area (Å²) in [4.78, 5) is 12.5. The molecule has 0 spiro atoms. The normalized spacial score (nSPS) is 13.0. The molecule has 9 rings (SSSR count). The third kappa shape index (κ3) is 3.97. The average molecular weight is 591 g/mol. The van der Waals surface area contributed by atoms with Crippen LogP contribution in [-0.4, -0.2) is 20.2 Å². The van der Waals surface area contributed by atoms with Crippen molar-refractivity contribution < 1.29 is 0 Å². The molecule has 0 bridgehead atoms. The Labute approximate surface area is 265 Å². The Kier molecular flexibility index (Phi) is 5.84. The number of rotatable bonds is 4. The van der Waals surface area contributed by atoms with E-state index in [9.17, 15) is 0 Å². The maximum Gasteiger partial charge on any atom is 0.0946 e. The van der Waals surface area contributed by atoms with Crippen molar-refractivity contribution in [2.45, 2.75) is 6.92 Å². The highest BCUT2D eigenvalue weighted by Crippen LogP contribution is 2.40. The van der Waals surface area contributed by atoms with Crippen LogP contribution in [-0.2, 0) is 0 Å². The highest BCUT2D eigenvalue weighted by atomic mass is 15.0. The van der Waals surface area contributed by atoms with Crippen LogP contribution in [0.5, 0.6) is 0 Å². The van der Waals surface area contributed by atoms with Gasteiger partial charge in [-0.25, -0.2) is 0 Å². The third-order valence-electron chi connectivity index (χ3n) is 9.21. The molecule has 6 aromatic carbocycles. The van der Waals surface area contributed by atoms with Crippen LogP contribution in [0.15, 0.2) is 145 Å². The summed E-state index contributed by atoms with van der Waals surface area (Å²) in [6, 6.07) is 49.1. The predicted octanol–water partition coefficient (Wildman–Crippen LogP) is 8.98. The highest BCUT2D eigenvalue weighted by Gasteiger charge is 2.18. The first-order valence-corrected chi connectivity index (χ1v) is 15.6. The van der Waals surface area contributed by atoms with Crippen LogP contribution in [0.4, 0.5) is 0 Å². The number of aromatic nitrogens is 3. The molecule has 0 aliphatic rings. The Balaban J connectivity index is 1.32. The second kappa shape index (κ2) is 10.2. The van der Waals surface area contributed by atoms with Crippen LogP contribution in [0.3, 0.4) is 0 Å². The molecule has 0 fully saturated rings. The van der Waals surface area contributed by atoms with Crippen LogP contribution in [0.2, 0.25) is 0 Å². The number of hydrogen-bond donors (Lipinski definition) is 2. The Morgan fingerprint density at radius 1 is 0.565 bits per heavy atom. The quantitative estimate of drug-likeness (QED) is 0.192. The van der Waals surface area contributed by atoms with Gasteiger partial charge in [-0.05, 0) is 55.0 Å². The number of aliphatic imine (C=N–C) groups is 1. The molecule has 9 aromatic rings. The predicted molar refractivity (Wildman–Crippen MR) is 194 cm³/mol. The van der Waals surface area contributed by atoms with Crippen molar-refractivity contribution in [2.75, 3.05) is 0 Å². The van der Waals surface area contributed by atoms with Gasteiger partial charge in [0.2, 0.25) is 0 Å². The average Bonchev–Trinajstić information content (AvgIpc) is 3.76. The van der Waals surface area contributed by atoms with Crippen molar-refractivity contribution in [3.8, 4) is 5.69 Å². The number of fused-ring (bicyclic) bond motifs is 8. The lowest BCUT2D eigenvalue weighted by atomic mass is 10.1. The molecule has 2 N–H and O–H groups in total. The maximum absolute atomic E-state index is 5.20. The molecule has 3 heterocycles. The van der Waals surface area contributed by atoms with E-state index < -0.39 is 0 Å². The Morgan fingerprint density at radius 3 is 2.02 bits per heavy atom. The zero-order valence-corrected chi connectivity index (χ0v) is 25.4. The molecular formula is C42H30N4. The molecule has 0 aliphatic carbocycles. The molecule has 4 nitrogen and oxygen atoms in total. The SMILES string of the molecule is C=c1/c(=C(\N=C(C)c2ccccc2)c2ccccc2)[nH]c2ccc(-n3c4ccccc4c4c5c(ccc43)[nH]c3ccccc35)cc12. The van der Waals surface area contributed by atoms with E-state index >= 15 is 0 Å². The van der Waals surface area contributed by atoms with Crippen molar-refractivity contribution in [3.63, 3.8) is 0 Å². The van der Waals surface area contributed by atoms with Crippen molar-refractivity contribution in [1.29, 1.82) is 0 Å². The summed E-state index contributed by atoms with van der Waals surface area (Å²) >= 11 is 0. The number of nitrogens with one attached hydrogen (secondary N) is 2. The summed E-state index contributed by atoms with van der Waals surface area (Å²) in [5.74, 6) is 0. The number of benzene rings is 6. The van der Waals surface area contributed by atoms with Gasteiger partial charge in [0.25, 0.3) is 0 Å². The van der Waals surface area contributed by atoms with E-state index in [-0.39, 0.29) is 0 Å². The highest BCUT2D eigenvalue weighted by molar-refractivity contribution is 6.28. The molecule has 0 unspecified atom stereocenters. The lowest BCUT2D eigenvalue weighted by Gasteiger charge is -2.08. The molecule has 0 amide bonds. The summed E-state index contributed by atoms with van der Waals surface area (Å²) in [7, 11) is 0. The molecule has 0 saturated carbocycles. The van der Waals surface area contributed by atoms with Crippen LogP contribution in [0, 0.1) is 0 Å². The van der Waals surface area contributed by atoms with E-state index in [1.54, 1.807) is 0 Å². The minimum atomic E-state index is 0.878. The topological polar surface area (TPSA) is 48.9 Å². The number of H-pyrrole nitrogens is 2. The molecule has 0 saturated heterocycles. The number of hydrogen-bond acceptors (Lipinski definition) is 1. The van der Waals surface area contributed by atoms with Gasteiger partial charge in [-0.15, -0.1) is 0 Å². The summed E-state index contributed by atoms with van der Waals surface area (Å²) in [6.07, 6.45) is 0. The molecule has 218 valence electrons. The zero-order valence-electron chi connectivity index (χ0n) is 25.4. The van der Waals surface area contributed by atoms with E-state index in [0.29, 0.717) is 0 Å². The van der Waals surface area contributed by atoms with E-state index in [2.05, 4.69) is 143 Å². The zero-order chi connectivity index (χ0) is 30.8. The fourth-order valence-corrected chi connectivity index (χ4v) is 7.03. The third-order valence-corrected chi connectivity index (χ3v) is 9.21. The summed E-state index contributed by atoms with van der Waals surface area (Å²) in [6.45, 7) is 6.68. The van der Waals surface area contributed by atoms with Gasteiger partial charge in [0.05, 0.1) is 22.1 Å². The molecule has 0 aliphatic heterocycles. The number of nitrogens with zero attached hydrogens (tertiary/aromatic N) is 2. The van der Waals surface area contributed by atoms with Crippen molar-refractivity contribution in [3.05, 3.63) is 161 Å². The number of aromatic amines is 2. The molecule has 0 radical (unpaired) electrons. The van der Waals surface area contributed by atoms with Crippen LogP contribution in [0.25, 0.3) is 72.5 Å². The summed E-state index contributed by atoms with van der Waals surface area (Å²) < 4.78 is 2.39. The maximum atomic E-state index is 5.20. The minimum Gasteiger partial charge on any atom is -0.354 e. The van der Waals surface area contributed by atoms with Gasteiger partial charge < -0.3 is 14.5 Å². The van der Waals surface area contributed by atoms with Gasteiger partial charge in [0.15, 0.2) is 0 Å². The summed E-state index contributed by atoms with van der Waals surface area (Å²) in [5.41, 5.74) is 10.8. The van der Waals surface area contributed by atoms with E-state index in [1.807, 2.05) is 24.3 Å². The van der Waals surface area contributed by atoms with Gasteiger partial charge >= 0.3 is 0 Å². The van der Waals surface area contributed by atoms with E-state index in [0.717, 1.165) is 60.7 Å². The molecule has 0 atom stereocenters. The van der Waals surface area contributed by atoms with Crippen molar-refractivity contribution >= 4 is 72.5 Å². The van der Waals surface area contributed by atoms with E-state index in [1.165, 1.54) is 32.6 Å². The van der Waals surface area contributed by atoms with Gasteiger partial charge in [0, 0.05) is 65.7 Å². The molecular weight excluding hydrogens is 560 g/mol. The van der Waals surface area contributed by atoms with Crippen LogP contribution < -0.4 is 10.6 Å². The second-order valence-electron chi connectivity index (χ2n) is 11.9. The Hall–Kier alpha value is -6.13. The Bertz CT molecular complexity index is 2760. The fraction of sp³-hybridized carbons (Fsp3) is 0.0238. The van der Waals surface area contributed by atoms with Crippen LogP contribution >= 0.6 is 0 Å².